The second-order valence-corrected chi connectivity index (χ2v) is 5.14. The van der Waals surface area contributed by atoms with Crippen LogP contribution in [0.3, 0.4) is 0 Å². The van der Waals surface area contributed by atoms with Crippen LogP contribution < -0.4 is 5.32 Å². The Balaban J connectivity index is 2.03. The van der Waals surface area contributed by atoms with Gasteiger partial charge in [0.25, 0.3) is 10.1 Å². The normalized spacial score (nSPS) is 11.2. The summed E-state index contributed by atoms with van der Waals surface area (Å²) >= 11 is 0. The lowest BCUT2D eigenvalue weighted by Crippen LogP contribution is -2.01. The van der Waals surface area contributed by atoms with Gasteiger partial charge in [-0.15, -0.1) is 0 Å². The van der Waals surface area contributed by atoms with Gasteiger partial charge in [0.2, 0.25) is 0 Å². The van der Waals surface area contributed by atoms with E-state index in [0.29, 0.717) is 6.54 Å². The minimum Gasteiger partial charge on any atom is -0.381 e. The van der Waals surface area contributed by atoms with E-state index in [4.69, 9.17) is 4.55 Å². The van der Waals surface area contributed by atoms with Crippen molar-refractivity contribution < 1.29 is 13.0 Å². The molecule has 5 nitrogen and oxygen atoms in total. The lowest BCUT2D eigenvalue weighted by atomic mass is 10.2. The molecular formula is C12H12N2O3S. The fourth-order valence-electron chi connectivity index (χ4n) is 1.45. The highest BCUT2D eigenvalue weighted by molar-refractivity contribution is 7.85. The molecule has 0 aliphatic heterocycles. The average Bonchev–Trinajstić information content (AvgIpc) is 2.37. The molecule has 0 unspecified atom stereocenters. The van der Waals surface area contributed by atoms with E-state index in [1.165, 1.54) is 12.1 Å². The molecular weight excluding hydrogens is 252 g/mol. The van der Waals surface area contributed by atoms with Crippen molar-refractivity contribution in [1.29, 1.82) is 0 Å². The van der Waals surface area contributed by atoms with Crippen LogP contribution >= 0.6 is 0 Å². The minimum absolute atomic E-state index is 0.116. The second kappa shape index (κ2) is 5.16. The van der Waals surface area contributed by atoms with Crippen LogP contribution in [0.15, 0.2) is 53.7 Å². The summed E-state index contributed by atoms with van der Waals surface area (Å²) in [5.41, 5.74) is 1.79. The van der Waals surface area contributed by atoms with Gasteiger partial charge in [-0.05, 0) is 35.9 Å². The predicted octanol–water partition coefficient (Wildman–Crippen LogP) is 1.94. The van der Waals surface area contributed by atoms with Gasteiger partial charge in [0.1, 0.15) is 0 Å². The van der Waals surface area contributed by atoms with Crippen molar-refractivity contribution in [3.05, 3.63) is 54.4 Å². The number of hydrogen-bond donors (Lipinski definition) is 2. The smallest absolute Gasteiger partial charge is 0.294 e. The molecule has 0 amide bonds. The molecule has 0 aliphatic rings. The Hall–Kier alpha value is -1.92. The molecule has 2 N–H and O–H groups in total. The van der Waals surface area contributed by atoms with Crippen molar-refractivity contribution in [3.8, 4) is 0 Å². The van der Waals surface area contributed by atoms with Crippen molar-refractivity contribution in [2.75, 3.05) is 5.32 Å². The molecule has 94 valence electrons. The zero-order chi connectivity index (χ0) is 13.0. The molecule has 0 atom stereocenters. The molecule has 2 aromatic rings. The lowest BCUT2D eigenvalue weighted by molar-refractivity contribution is 0.483. The average molecular weight is 264 g/mol. The minimum atomic E-state index is -4.12. The van der Waals surface area contributed by atoms with Crippen LogP contribution in [0.25, 0.3) is 0 Å². The number of pyridine rings is 1. The fraction of sp³-hybridized carbons (Fsp3) is 0.0833. The van der Waals surface area contributed by atoms with Crippen molar-refractivity contribution >= 4 is 15.8 Å². The van der Waals surface area contributed by atoms with E-state index >= 15 is 0 Å². The summed E-state index contributed by atoms with van der Waals surface area (Å²) in [5.74, 6) is 0. The number of anilines is 1. The molecule has 0 aliphatic carbocycles. The van der Waals surface area contributed by atoms with Crippen LogP contribution in [0.4, 0.5) is 5.69 Å². The summed E-state index contributed by atoms with van der Waals surface area (Å²) < 4.78 is 30.5. The maximum absolute atomic E-state index is 10.9. The number of nitrogens with zero attached hydrogens (tertiary/aromatic N) is 1. The van der Waals surface area contributed by atoms with Gasteiger partial charge in [-0.3, -0.25) is 9.54 Å². The molecule has 0 radical (unpaired) electrons. The fourth-order valence-corrected chi connectivity index (χ4v) is 1.93. The monoisotopic (exact) mass is 264 g/mol. The van der Waals surface area contributed by atoms with Gasteiger partial charge < -0.3 is 5.32 Å². The third-order valence-electron chi connectivity index (χ3n) is 2.37. The second-order valence-electron chi connectivity index (χ2n) is 3.71. The molecule has 0 bridgehead atoms. The van der Waals surface area contributed by atoms with Gasteiger partial charge in [0.15, 0.2) is 0 Å². The zero-order valence-electron chi connectivity index (χ0n) is 9.45. The molecule has 2 rings (SSSR count). The summed E-state index contributed by atoms with van der Waals surface area (Å²) in [4.78, 5) is 3.87. The molecule has 0 spiro atoms. The van der Waals surface area contributed by atoms with Gasteiger partial charge in [-0.25, -0.2) is 0 Å². The first-order valence-corrected chi connectivity index (χ1v) is 6.70. The molecule has 1 aromatic heterocycles. The molecule has 0 saturated heterocycles. The number of nitrogens with one attached hydrogen (secondary N) is 1. The number of benzene rings is 1. The highest BCUT2D eigenvalue weighted by Crippen LogP contribution is 2.14. The van der Waals surface area contributed by atoms with Crippen LogP contribution in [0.2, 0.25) is 0 Å². The third kappa shape index (κ3) is 3.28. The summed E-state index contributed by atoms with van der Waals surface area (Å²) in [5, 5.41) is 3.12. The zero-order valence-corrected chi connectivity index (χ0v) is 10.3. The van der Waals surface area contributed by atoms with Gasteiger partial charge in [-0.2, -0.15) is 8.42 Å². The Morgan fingerprint density at radius 1 is 1.17 bits per heavy atom. The number of hydrogen-bond acceptors (Lipinski definition) is 4. The maximum Gasteiger partial charge on any atom is 0.294 e. The van der Waals surface area contributed by atoms with E-state index in [-0.39, 0.29) is 4.90 Å². The molecule has 18 heavy (non-hydrogen) atoms. The molecule has 0 saturated carbocycles. The quantitative estimate of drug-likeness (QED) is 0.825. The first kappa shape index (κ1) is 12.5. The van der Waals surface area contributed by atoms with Crippen molar-refractivity contribution in [3.63, 3.8) is 0 Å². The van der Waals surface area contributed by atoms with E-state index in [2.05, 4.69) is 10.3 Å². The largest absolute Gasteiger partial charge is 0.381 e. The number of rotatable bonds is 4. The van der Waals surface area contributed by atoms with Crippen LogP contribution in [0.1, 0.15) is 5.56 Å². The topological polar surface area (TPSA) is 79.3 Å². The molecule has 6 heteroatoms. The number of aromatic nitrogens is 1. The van der Waals surface area contributed by atoms with Crippen molar-refractivity contribution in [2.24, 2.45) is 0 Å². The van der Waals surface area contributed by atoms with E-state index in [0.717, 1.165) is 11.3 Å². The van der Waals surface area contributed by atoms with Gasteiger partial charge >= 0.3 is 0 Å². The standard InChI is InChI=1S/C12H12N2O3S/c15-18(16,17)12-5-3-11(4-6-12)14-9-10-2-1-7-13-8-10/h1-8,14H,9H2,(H,15,16,17). The Morgan fingerprint density at radius 2 is 1.89 bits per heavy atom. The SMILES string of the molecule is O=S(=O)(O)c1ccc(NCc2cccnc2)cc1. The van der Waals surface area contributed by atoms with Crippen LogP contribution in [0.5, 0.6) is 0 Å². The summed E-state index contributed by atoms with van der Waals surface area (Å²) in [6.07, 6.45) is 3.45. The van der Waals surface area contributed by atoms with Crippen LogP contribution in [0, 0.1) is 0 Å². The highest BCUT2D eigenvalue weighted by atomic mass is 32.2. The Labute approximate surface area is 105 Å². The highest BCUT2D eigenvalue weighted by Gasteiger charge is 2.07. The summed E-state index contributed by atoms with van der Waals surface area (Å²) in [6, 6.07) is 9.67. The Bertz CT molecular complexity index is 610. The summed E-state index contributed by atoms with van der Waals surface area (Å²) in [7, 11) is -4.12. The first-order valence-electron chi connectivity index (χ1n) is 5.26. The summed E-state index contributed by atoms with van der Waals surface area (Å²) in [6.45, 7) is 0.596. The van der Waals surface area contributed by atoms with Gasteiger partial charge in [-0.1, -0.05) is 6.07 Å². The lowest BCUT2D eigenvalue weighted by Gasteiger charge is -2.06. The van der Waals surface area contributed by atoms with Gasteiger partial charge in [0.05, 0.1) is 4.90 Å². The third-order valence-corrected chi connectivity index (χ3v) is 3.24. The van der Waals surface area contributed by atoms with Crippen LogP contribution in [-0.4, -0.2) is 18.0 Å². The van der Waals surface area contributed by atoms with Crippen molar-refractivity contribution in [1.82, 2.24) is 4.98 Å². The van der Waals surface area contributed by atoms with E-state index in [9.17, 15) is 8.42 Å². The van der Waals surface area contributed by atoms with E-state index < -0.39 is 10.1 Å². The van der Waals surface area contributed by atoms with Crippen LogP contribution in [-0.2, 0) is 16.7 Å². The first-order chi connectivity index (χ1) is 8.55. The molecule has 1 aromatic carbocycles. The Kier molecular flexibility index (Phi) is 3.59. The predicted molar refractivity (Wildman–Crippen MR) is 67.8 cm³/mol. The Morgan fingerprint density at radius 3 is 2.44 bits per heavy atom. The van der Waals surface area contributed by atoms with E-state index in [1.54, 1.807) is 24.5 Å². The molecule has 1 heterocycles. The maximum atomic E-state index is 10.9. The molecule has 0 fully saturated rings. The van der Waals surface area contributed by atoms with Crippen molar-refractivity contribution in [2.45, 2.75) is 11.4 Å². The van der Waals surface area contributed by atoms with E-state index in [1.807, 2.05) is 12.1 Å². The van der Waals surface area contributed by atoms with Gasteiger partial charge in [0, 0.05) is 24.6 Å².